The Morgan fingerprint density at radius 1 is 1.04 bits per heavy atom. The third kappa shape index (κ3) is 3.62. The van der Waals surface area contributed by atoms with Gasteiger partial charge in [-0.3, -0.25) is 4.79 Å². The molecule has 2 aliphatic rings. The van der Waals surface area contributed by atoms with Crippen LogP contribution in [0.15, 0.2) is 54.6 Å². The highest BCUT2D eigenvalue weighted by atomic mass is 35.5. The number of carbonyl (C=O) groups excluding carboxylic acids is 1. The second-order valence-electron chi connectivity index (χ2n) is 7.23. The highest BCUT2D eigenvalue weighted by molar-refractivity contribution is 6.31. The van der Waals surface area contributed by atoms with Crippen molar-refractivity contribution >= 4 is 29.9 Å². The zero-order chi connectivity index (χ0) is 17.4. The summed E-state index contributed by atoms with van der Waals surface area (Å²) in [5.41, 5.74) is 8.39. The highest BCUT2D eigenvalue weighted by Gasteiger charge is 2.48. The summed E-state index contributed by atoms with van der Waals surface area (Å²) < 4.78 is 0. The van der Waals surface area contributed by atoms with Gasteiger partial charge >= 0.3 is 0 Å². The van der Waals surface area contributed by atoms with Gasteiger partial charge in [-0.1, -0.05) is 60.1 Å². The van der Waals surface area contributed by atoms with Crippen molar-refractivity contribution in [1.29, 1.82) is 0 Å². The van der Waals surface area contributed by atoms with E-state index in [0.29, 0.717) is 18.4 Å². The van der Waals surface area contributed by atoms with Crippen molar-refractivity contribution in [2.24, 2.45) is 17.6 Å². The predicted molar refractivity (Wildman–Crippen MR) is 108 cm³/mol. The Labute approximate surface area is 165 Å². The molecule has 4 atom stereocenters. The molecule has 0 bridgehead atoms. The number of benzene rings is 2. The summed E-state index contributed by atoms with van der Waals surface area (Å²) in [7, 11) is 0. The number of likely N-dealkylation sites (tertiary alicyclic amines) is 1. The summed E-state index contributed by atoms with van der Waals surface area (Å²) in [6.07, 6.45) is 0.905. The topological polar surface area (TPSA) is 46.3 Å². The lowest BCUT2D eigenvalue weighted by Crippen LogP contribution is -2.31. The van der Waals surface area contributed by atoms with E-state index in [4.69, 9.17) is 17.3 Å². The van der Waals surface area contributed by atoms with Crippen LogP contribution in [0, 0.1) is 11.8 Å². The van der Waals surface area contributed by atoms with Crippen LogP contribution >= 0.6 is 24.0 Å². The van der Waals surface area contributed by atoms with E-state index in [0.717, 1.165) is 30.1 Å². The first-order valence-electron chi connectivity index (χ1n) is 8.97. The maximum atomic E-state index is 13.0. The minimum absolute atomic E-state index is 0. The number of carbonyl (C=O) groups is 1. The zero-order valence-corrected chi connectivity index (χ0v) is 16.1. The molecule has 1 aliphatic heterocycles. The molecule has 0 spiro atoms. The molecule has 1 saturated heterocycles. The maximum Gasteiger partial charge on any atom is 0.226 e. The van der Waals surface area contributed by atoms with Gasteiger partial charge in [0.2, 0.25) is 5.91 Å². The van der Waals surface area contributed by atoms with Crippen molar-refractivity contribution in [3.05, 3.63) is 70.7 Å². The molecule has 2 N–H and O–H groups in total. The molecular weight excluding hydrogens is 367 g/mol. The summed E-state index contributed by atoms with van der Waals surface area (Å²) >= 11 is 6.30. The number of hydrogen-bond acceptors (Lipinski definition) is 2. The van der Waals surface area contributed by atoms with Gasteiger partial charge in [-0.15, -0.1) is 12.4 Å². The smallest absolute Gasteiger partial charge is 0.226 e. The Morgan fingerprint density at radius 2 is 1.73 bits per heavy atom. The first-order chi connectivity index (χ1) is 12.2. The van der Waals surface area contributed by atoms with E-state index >= 15 is 0 Å². The van der Waals surface area contributed by atoms with Gasteiger partial charge in [0.15, 0.2) is 0 Å². The number of rotatable bonds is 4. The largest absolute Gasteiger partial charge is 0.341 e. The summed E-state index contributed by atoms with van der Waals surface area (Å²) in [5, 5.41) is 0.770. The Kier molecular flexibility index (Phi) is 5.91. The summed E-state index contributed by atoms with van der Waals surface area (Å²) in [6, 6.07) is 18.3. The molecule has 1 saturated carbocycles. The fourth-order valence-electron chi connectivity index (χ4n) is 4.19. The standard InChI is InChI=1S/C21H23ClN2O.ClH/c22-20-9-5-4-8-16(20)17-10-18(17)21(25)24-12-15(11-23)19(13-24)14-6-2-1-3-7-14;/h1-9,15,17-19H,10-13,23H2;1H/t15-,17?,18?,19+;/m1./s1. The van der Waals surface area contributed by atoms with Crippen LogP contribution in [0.2, 0.25) is 5.02 Å². The van der Waals surface area contributed by atoms with Crippen LogP contribution < -0.4 is 5.73 Å². The lowest BCUT2D eigenvalue weighted by molar-refractivity contribution is -0.131. The molecule has 3 nitrogen and oxygen atoms in total. The number of halogens is 2. The number of nitrogens with zero attached hydrogens (tertiary/aromatic N) is 1. The third-order valence-electron chi connectivity index (χ3n) is 5.70. The van der Waals surface area contributed by atoms with Crippen LogP contribution in [0.1, 0.15) is 29.4 Å². The molecule has 1 amide bonds. The normalized spacial score (nSPS) is 27.1. The molecule has 1 heterocycles. The van der Waals surface area contributed by atoms with Crippen LogP contribution in [0.25, 0.3) is 0 Å². The second kappa shape index (κ2) is 7.99. The van der Waals surface area contributed by atoms with Crippen molar-refractivity contribution in [1.82, 2.24) is 4.90 Å². The van der Waals surface area contributed by atoms with Crippen molar-refractivity contribution < 1.29 is 4.79 Å². The second-order valence-corrected chi connectivity index (χ2v) is 7.63. The number of nitrogens with two attached hydrogens (primary N) is 1. The lowest BCUT2D eigenvalue weighted by atomic mass is 9.89. The van der Waals surface area contributed by atoms with Crippen LogP contribution in [0.5, 0.6) is 0 Å². The van der Waals surface area contributed by atoms with Crippen LogP contribution in [0.3, 0.4) is 0 Å². The fraction of sp³-hybridized carbons (Fsp3) is 0.381. The average molecular weight is 391 g/mol. The zero-order valence-electron chi connectivity index (χ0n) is 14.6. The molecule has 2 fully saturated rings. The molecule has 2 aromatic carbocycles. The van der Waals surface area contributed by atoms with Crippen molar-refractivity contribution in [2.45, 2.75) is 18.3 Å². The van der Waals surface area contributed by atoms with Crippen LogP contribution in [-0.2, 0) is 4.79 Å². The SMILES string of the molecule is Cl.NC[C@@H]1CN(C(=O)C2CC2c2ccccc2Cl)C[C@H]1c1ccccc1. The van der Waals surface area contributed by atoms with E-state index in [-0.39, 0.29) is 30.2 Å². The van der Waals surface area contributed by atoms with Crippen molar-refractivity contribution in [2.75, 3.05) is 19.6 Å². The molecular formula is C21H24Cl2N2O. The van der Waals surface area contributed by atoms with Crippen LogP contribution in [0.4, 0.5) is 0 Å². The quantitative estimate of drug-likeness (QED) is 0.854. The van der Waals surface area contributed by atoms with Gasteiger partial charge in [-0.2, -0.15) is 0 Å². The fourth-order valence-corrected chi connectivity index (χ4v) is 4.47. The first kappa shape index (κ1) is 19.2. The highest BCUT2D eigenvalue weighted by Crippen LogP contribution is 2.51. The average Bonchev–Trinajstić information content (AvgIpc) is 3.32. The van der Waals surface area contributed by atoms with Crippen molar-refractivity contribution in [3.63, 3.8) is 0 Å². The molecule has 138 valence electrons. The molecule has 2 unspecified atom stereocenters. The minimum atomic E-state index is 0. The Hall–Kier alpha value is -1.55. The van der Waals surface area contributed by atoms with E-state index in [1.807, 2.05) is 35.2 Å². The maximum absolute atomic E-state index is 13.0. The third-order valence-corrected chi connectivity index (χ3v) is 6.04. The van der Waals surface area contributed by atoms with Crippen LogP contribution in [-0.4, -0.2) is 30.4 Å². The summed E-state index contributed by atoms with van der Waals surface area (Å²) in [6.45, 7) is 2.15. The minimum Gasteiger partial charge on any atom is -0.341 e. The molecule has 4 rings (SSSR count). The Morgan fingerprint density at radius 3 is 2.42 bits per heavy atom. The van der Waals surface area contributed by atoms with E-state index in [1.165, 1.54) is 5.56 Å². The molecule has 5 heteroatoms. The van der Waals surface area contributed by atoms with E-state index < -0.39 is 0 Å². The van der Waals surface area contributed by atoms with Gasteiger partial charge in [0, 0.05) is 29.9 Å². The van der Waals surface area contributed by atoms with E-state index in [9.17, 15) is 4.79 Å². The molecule has 26 heavy (non-hydrogen) atoms. The molecule has 1 aliphatic carbocycles. The Balaban J connectivity index is 0.00000196. The van der Waals surface area contributed by atoms with Gasteiger partial charge in [0.05, 0.1) is 0 Å². The number of hydrogen-bond donors (Lipinski definition) is 1. The summed E-state index contributed by atoms with van der Waals surface area (Å²) in [4.78, 5) is 15.0. The van der Waals surface area contributed by atoms with Gasteiger partial charge in [-0.25, -0.2) is 0 Å². The van der Waals surface area contributed by atoms with Gasteiger partial charge < -0.3 is 10.6 Å². The van der Waals surface area contributed by atoms with Gasteiger partial charge in [-0.05, 0) is 42.0 Å². The Bertz CT molecular complexity index is 768. The molecule has 0 aromatic heterocycles. The number of amides is 1. The molecule has 0 radical (unpaired) electrons. The van der Waals surface area contributed by atoms with Gasteiger partial charge in [0.25, 0.3) is 0 Å². The molecule has 2 aromatic rings. The van der Waals surface area contributed by atoms with Crippen molar-refractivity contribution in [3.8, 4) is 0 Å². The lowest BCUT2D eigenvalue weighted by Gasteiger charge is -2.17. The predicted octanol–water partition coefficient (Wildman–Crippen LogP) is 4.07. The van der Waals surface area contributed by atoms with Gasteiger partial charge in [0.1, 0.15) is 0 Å². The first-order valence-corrected chi connectivity index (χ1v) is 9.35. The van der Waals surface area contributed by atoms with E-state index in [1.54, 1.807) is 0 Å². The monoisotopic (exact) mass is 390 g/mol. The summed E-state index contributed by atoms with van der Waals surface area (Å²) in [5.74, 6) is 1.29. The van der Waals surface area contributed by atoms with E-state index in [2.05, 4.69) is 24.3 Å².